The van der Waals surface area contributed by atoms with Crippen LogP contribution in [0.4, 0.5) is 0 Å². The van der Waals surface area contributed by atoms with E-state index in [9.17, 15) is 0 Å². The number of aromatic nitrogens is 1. The van der Waals surface area contributed by atoms with E-state index in [2.05, 4.69) is 22.6 Å². The molecule has 14 heavy (non-hydrogen) atoms. The Morgan fingerprint density at radius 1 is 1.57 bits per heavy atom. The predicted octanol–water partition coefficient (Wildman–Crippen LogP) is 2.67. The summed E-state index contributed by atoms with van der Waals surface area (Å²) in [6.45, 7) is 4.47. The van der Waals surface area contributed by atoms with Crippen molar-refractivity contribution >= 4 is 11.3 Å². The molecular weight excluding hydrogens is 192 g/mol. The third-order valence-electron chi connectivity index (χ3n) is 3.03. The Bertz CT molecular complexity index is 258. The van der Waals surface area contributed by atoms with Crippen LogP contribution < -0.4 is 5.32 Å². The minimum atomic E-state index is 0.906. The van der Waals surface area contributed by atoms with Crippen molar-refractivity contribution in [1.82, 2.24) is 10.3 Å². The van der Waals surface area contributed by atoms with Crippen LogP contribution in [0.3, 0.4) is 0 Å². The van der Waals surface area contributed by atoms with Crippen LogP contribution in [0.5, 0.6) is 0 Å². The second-order valence-electron chi connectivity index (χ2n) is 4.39. The Hall–Kier alpha value is -0.410. The van der Waals surface area contributed by atoms with Gasteiger partial charge < -0.3 is 5.32 Å². The monoisotopic (exact) mass is 210 g/mol. The summed E-state index contributed by atoms with van der Waals surface area (Å²) >= 11 is 1.67. The van der Waals surface area contributed by atoms with E-state index in [0.29, 0.717) is 0 Å². The van der Waals surface area contributed by atoms with E-state index >= 15 is 0 Å². The van der Waals surface area contributed by atoms with Gasteiger partial charge in [-0.15, -0.1) is 11.3 Å². The van der Waals surface area contributed by atoms with Crippen LogP contribution in [0.1, 0.15) is 31.9 Å². The first-order valence-corrected chi connectivity index (χ1v) is 6.36. The van der Waals surface area contributed by atoms with Crippen molar-refractivity contribution in [2.24, 2.45) is 11.8 Å². The molecule has 2 rings (SSSR count). The minimum Gasteiger partial charge on any atom is -0.311 e. The van der Waals surface area contributed by atoms with Gasteiger partial charge in [-0.05, 0) is 31.2 Å². The summed E-state index contributed by atoms with van der Waals surface area (Å²) in [6, 6.07) is 0. The average molecular weight is 210 g/mol. The zero-order valence-electron chi connectivity index (χ0n) is 8.70. The highest BCUT2D eigenvalue weighted by molar-refractivity contribution is 7.07. The molecule has 1 aromatic heterocycles. The predicted molar refractivity (Wildman–Crippen MR) is 60.3 cm³/mol. The molecule has 0 radical (unpaired) electrons. The van der Waals surface area contributed by atoms with E-state index in [4.69, 9.17) is 0 Å². The lowest BCUT2D eigenvalue weighted by Crippen LogP contribution is -2.21. The van der Waals surface area contributed by atoms with Gasteiger partial charge in [-0.3, -0.25) is 0 Å². The molecule has 2 unspecified atom stereocenters. The van der Waals surface area contributed by atoms with Crippen LogP contribution in [0.25, 0.3) is 0 Å². The van der Waals surface area contributed by atoms with Crippen molar-refractivity contribution in [3.05, 3.63) is 16.6 Å². The van der Waals surface area contributed by atoms with Crippen molar-refractivity contribution in [2.75, 3.05) is 6.54 Å². The molecule has 0 aromatic carbocycles. The Morgan fingerprint density at radius 2 is 2.50 bits per heavy atom. The summed E-state index contributed by atoms with van der Waals surface area (Å²) in [7, 11) is 0. The van der Waals surface area contributed by atoms with Crippen LogP contribution in [0.2, 0.25) is 0 Å². The smallest absolute Gasteiger partial charge is 0.0795 e. The molecule has 0 bridgehead atoms. The first kappa shape index (κ1) is 10.1. The molecule has 78 valence electrons. The van der Waals surface area contributed by atoms with Crippen molar-refractivity contribution in [3.8, 4) is 0 Å². The van der Waals surface area contributed by atoms with Gasteiger partial charge in [0.15, 0.2) is 0 Å². The van der Waals surface area contributed by atoms with Gasteiger partial charge in [0.1, 0.15) is 0 Å². The highest BCUT2D eigenvalue weighted by atomic mass is 32.1. The zero-order chi connectivity index (χ0) is 9.80. The van der Waals surface area contributed by atoms with Crippen LogP contribution in [-0.2, 0) is 6.54 Å². The SMILES string of the molecule is CC1CCC(CNCc2cscn2)C1. The third-order valence-corrected chi connectivity index (χ3v) is 3.66. The van der Waals surface area contributed by atoms with Gasteiger partial charge in [0.25, 0.3) is 0 Å². The third kappa shape index (κ3) is 2.79. The quantitative estimate of drug-likeness (QED) is 0.826. The van der Waals surface area contributed by atoms with E-state index in [0.717, 1.165) is 18.4 Å². The molecule has 1 N–H and O–H groups in total. The average Bonchev–Trinajstić information content (AvgIpc) is 2.77. The molecule has 0 spiro atoms. The molecule has 3 heteroatoms. The number of hydrogen-bond acceptors (Lipinski definition) is 3. The number of nitrogens with zero attached hydrogens (tertiary/aromatic N) is 1. The molecule has 1 aliphatic carbocycles. The van der Waals surface area contributed by atoms with Crippen molar-refractivity contribution in [1.29, 1.82) is 0 Å². The highest BCUT2D eigenvalue weighted by Gasteiger charge is 2.20. The maximum Gasteiger partial charge on any atom is 0.0795 e. The molecule has 1 aromatic rings. The van der Waals surface area contributed by atoms with E-state index in [1.54, 1.807) is 11.3 Å². The fraction of sp³-hybridized carbons (Fsp3) is 0.727. The van der Waals surface area contributed by atoms with Crippen molar-refractivity contribution < 1.29 is 0 Å². The number of thiazole rings is 1. The van der Waals surface area contributed by atoms with Crippen molar-refractivity contribution in [3.63, 3.8) is 0 Å². The lowest BCUT2D eigenvalue weighted by molar-refractivity contribution is 0.469. The second-order valence-corrected chi connectivity index (χ2v) is 5.11. The zero-order valence-corrected chi connectivity index (χ0v) is 9.52. The number of nitrogens with one attached hydrogen (secondary N) is 1. The maximum absolute atomic E-state index is 4.25. The molecule has 1 aliphatic rings. The molecule has 2 nitrogen and oxygen atoms in total. The van der Waals surface area contributed by atoms with E-state index in [1.807, 2.05) is 5.51 Å². The van der Waals surface area contributed by atoms with Crippen LogP contribution >= 0.6 is 11.3 Å². The summed E-state index contributed by atoms with van der Waals surface area (Å²) in [5.41, 5.74) is 3.08. The summed E-state index contributed by atoms with van der Waals surface area (Å²) in [5.74, 6) is 1.85. The minimum absolute atomic E-state index is 0.906. The largest absolute Gasteiger partial charge is 0.311 e. The lowest BCUT2D eigenvalue weighted by Gasteiger charge is -2.09. The van der Waals surface area contributed by atoms with Gasteiger partial charge in [-0.25, -0.2) is 4.98 Å². The fourth-order valence-corrected chi connectivity index (χ4v) is 2.80. The molecule has 1 saturated carbocycles. The van der Waals surface area contributed by atoms with Crippen LogP contribution in [0.15, 0.2) is 10.9 Å². The van der Waals surface area contributed by atoms with Gasteiger partial charge in [0.05, 0.1) is 11.2 Å². The summed E-state index contributed by atoms with van der Waals surface area (Å²) in [4.78, 5) is 4.25. The fourth-order valence-electron chi connectivity index (χ4n) is 2.24. The lowest BCUT2D eigenvalue weighted by atomic mass is 10.1. The molecule has 1 heterocycles. The van der Waals surface area contributed by atoms with Gasteiger partial charge in [-0.1, -0.05) is 13.3 Å². The first-order valence-electron chi connectivity index (χ1n) is 5.42. The van der Waals surface area contributed by atoms with Gasteiger partial charge >= 0.3 is 0 Å². The highest BCUT2D eigenvalue weighted by Crippen LogP contribution is 2.29. The molecule has 0 amide bonds. The van der Waals surface area contributed by atoms with Crippen molar-refractivity contribution in [2.45, 2.75) is 32.7 Å². The second kappa shape index (κ2) is 4.89. The summed E-state index contributed by atoms with van der Waals surface area (Å²) < 4.78 is 0. The van der Waals surface area contributed by atoms with E-state index in [-0.39, 0.29) is 0 Å². The first-order chi connectivity index (χ1) is 6.84. The molecule has 2 atom stereocenters. The van der Waals surface area contributed by atoms with Crippen LogP contribution in [-0.4, -0.2) is 11.5 Å². The molecule has 0 saturated heterocycles. The number of rotatable bonds is 4. The van der Waals surface area contributed by atoms with Gasteiger partial charge in [0.2, 0.25) is 0 Å². The summed E-state index contributed by atoms with van der Waals surface area (Å²) in [5, 5.41) is 5.61. The molecule has 0 aliphatic heterocycles. The normalized spacial score (nSPS) is 26.9. The Kier molecular flexibility index (Phi) is 3.54. The summed E-state index contributed by atoms with van der Waals surface area (Å²) in [6.07, 6.45) is 4.23. The Morgan fingerprint density at radius 3 is 3.14 bits per heavy atom. The van der Waals surface area contributed by atoms with Gasteiger partial charge in [-0.2, -0.15) is 0 Å². The Labute approximate surface area is 89.8 Å². The standard InChI is InChI=1S/C11H18N2S/c1-9-2-3-10(4-9)5-12-6-11-7-14-8-13-11/h7-10,12H,2-6H2,1H3. The van der Waals surface area contributed by atoms with E-state index < -0.39 is 0 Å². The van der Waals surface area contributed by atoms with Gasteiger partial charge in [0, 0.05) is 11.9 Å². The number of hydrogen-bond donors (Lipinski definition) is 1. The topological polar surface area (TPSA) is 24.9 Å². The van der Waals surface area contributed by atoms with Crippen LogP contribution in [0, 0.1) is 11.8 Å². The molecule has 1 fully saturated rings. The maximum atomic E-state index is 4.25. The Balaban J connectivity index is 1.64. The van der Waals surface area contributed by atoms with E-state index in [1.165, 1.54) is 31.5 Å². The molecular formula is C11H18N2S.